The van der Waals surface area contributed by atoms with Gasteiger partial charge in [-0.15, -0.1) is 0 Å². The van der Waals surface area contributed by atoms with E-state index in [1.807, 2.05) is 0 Å². The fourth-order valence-electron chi connectivity index (χ4n) is 1.31. The molecule has 2 aromatic rings. The molecule has 0 fully saturated rings. The topological polar surface area (TPSA) is 96.4 Å². The standard InChI is InChI=1S/C10H6BrFN2O4S2/c11-8-4-13-10(19-8)14-20(17,18)5-1-2-7(12)6(3-5)9(15)16/h1-4H,(H,13,14)(H,15,16). The number of carbonyl (C=O) groups is 1. The van der Waals surface area contributed by atoms with Crippen molar-refractivity contribution in [2.45, 2.75) is 4.90 Å². The first-order valence-corrected chi connectivity index (χ1v) is 8.06. The predicted molar refractivity (Wildman–Crippen MR) is 74.0 cm³/mol. The van der Waals surface area contributed by atoms with Crippen molar-refractivity contribution in [3.8, 4) is 0 Å². The number of halogens is 2. The third-order valence-corrected chi connectivity index (χ3v) is 5.04. The normalized spacial score (nSPS) is 11.3. The van der Waals surface area contributed by atoms with E-state index in [1.165, 1.54) is 6.20 Å². The van der Waals surface area contributed by atoms with Gasteiger partial charge in [0.25, 0.3) is 10.0 Å². The van der Waals surface area contributed by atoms with Gasteiger partial charge in [0, 0.05) is 0 Å². The molecule has 106 valence electrons. The van der Waals surface area contributed by atoms with E-state index in [0.29, 0.717) is 3.79 Å². The summed E-state index contributed by atoms with van der Waals surface area (Å²) in [4.78, 5) is 14.2. The van der Waals surface area contributed by atoms with Crippen LogP contribution in [0.5, 0.6) is 0 Å². The second-order valence-corrected chi connectivity index (χ2v) is 7.61. The number of aromatic carboxylic acids is 1. The smallest absolute Gasteiger partial charge is 0.338 e. The average molecular weight is 381 g/mol. The van der Waals surface area contributed by atoms with E-state index in [0.717, 1.165) is 29.5 Å². The largest absolute Gasteiger partial charge is 0.478 e. The summed E-state index contributed by atoms with van der Waals surface area (Å²) in [6.07, 6.45) is 1.41. The molecule has 20 heavy (non-hydrogen) atoms. The molecule has 0 spiro atoms. The predicted octanol–water partition coefficient (Wildman–Crippen LogP) is 2.54. The molecule has 0 radical (unpaired) electrons. The van der Waals surface area contributed by atoms with Crippen LogP contribution >= 0.6 is 27.3 Å². The number of hydrogen-bond acceptors (Lipinski definition) is 5. The highest BCUT2D eigenvalue weighted by molar-refractivity contribution is 9.11. The summed E-state index contributed by atoms with van der Waals surface area (Å²) in [5, 5.41) is 8.89. The molecule has 0 atom stereocenters. The zero-order chi connectivity index (χ0) is 14.9. The number of thiazole rings is 1. The Hall–Kier alpha value is -1.52. The minimum absolute atomic E-state index is 0.109. The highest BCUT2D eigenvalue weighted by Crippen LogP contribution is 2.26. The quantitative estimate of drug-likeness (QED) is 0.849. The Kier molecular flexibility index (Phi) is 4.06. The van der Waals surface area contributed by atoms with Crippen LogP contribution in [-0.4, -0.2) is 24.5 Å². The Labute approximate surface area is 125 Å². The molecule has 0 aliphatic heterocycles. The van der Waals surface area contributed by atoms with Crippen molar-refractivity contribution in [2.24, 2.45) is 0 Å². The van der Waals surface area contributed by atoms with Crippen molar-refractivity contribution in [3.05, 3.63) is 39.6 Å². The van der Waals surface area contributed by atoms with E-state index in [2.05, 4.69) is 25.6 Å². The van der Waals surface area contributed by atoms with Gasteiger partial charge in [-0.1, -0.05) is 11.3 Å². The molecule has 0 aliphatic rings. The monoisotopic (exact) mass is 380 g/mol. The fraction of sp³-hybridized carbons (Fsp3) is 0. The van der Waals surface area contributed by atoms with Gasteiger partial charge < -0.3 is 5.11 Å². The number of aromatic nitrogens is 1. The van der Waals surface area contributed by atoms with E-state index in [4.69, 9.17) is 5.11 Å². The lowest BCUT2D eigenvalue weighted by atomic mass is 10.2. The summed E-state index contributed by atoms with van der Waals surface area (Å²) in [5.41, 5.74) is -0.715. The average Bonchev–Trinajstić information content (AvgIpc) is 2.73. The molecule has 0 unspecified atom stereocenters. The van der Waals surface area contributed by atoms with Gasteiger partial charge in [0.15, 0.2) is 5.13 Å². The molecule has 0 amide bonds. The molecule has 1 aromatic heterocycles. The molecule has 2 rings (SSSR count). The van der Waals surface area contributed by atoms with E-state index in [-0.39, 0.29) is 10.0 Å². The zero-order valence-electron chi connectivity index (χ0n) is 9.50. The summed E-state index contributed by atoms with van der Waals surface area (Å²) < 4.78 is 40.1. The lowest BCUT2D eigenvalue weighted by Gasteiger charge is -2.06. The Bertz CT molecular complexity index is 775. The first-order chi connectivity index (χ1) is 9.29. The summed E-state index contributed by atoms with van der Waals surface area (Å²) in [7, 11) is -4.03. The van der Waals surface area contributed by atoms with Crippen LogP contribution in [0.25, 0.3) is 0 Å². The van der Waals surface area contributed by atoms with E-state index >= 15 is 0 Å². The van der Waals surface area contributed by atoms with Crippen molar-refractivity contribution in [1.29, 1.82) is 0 Å². The molecule has 0 aliphatic carbocycles. The molecule has 2 N–H and O–H groups in total. The summed E-state index contributed by atoms with van der Waals surface area (Å²) in [5.74, 6) is -2.55. The Balaban J connectivity index is 2.39. The lowest BCUT2D eigenvalue weighted by Crippen LogP contribution is -2.14. The van der Waals surface area contributed by atoms with Crippen molar-refractivity contribution >= 4 is 48.4 Å². The number of carboxylic acid groups (broad SMARTS) is 1. The highest BCUT2D eigenvalue weighted by atomic mass is 79.9. The van der Waals surface area contributed by atoms with Gasteiger partial charge in [-0.05, 0) is 34.1 Å². The van der Waals surface area contributed by atoms with Gasteiger partial charge in [-0.25, -0.2) is 22.6 Å². The van der Waals surface area contributed by atoms with E-state index in [9.17, 15) is 17.6 Å². The van der Waals surface area contributed by atoms with E-state index in [1.54, 1.807) is 0 Å². The number of sulfonamides is 1. The number of nitrogens with zero attached hydrogens (tertiary/aromatic N) is 1. The van der Waals surface area contributed by atoms with E-state index < -0.39 is 27.4 Å². The summed E-state index contributed by atoms with van der Waals surface area (Å²) in [6, 6.07) is 2.52. The zero-order valence-corrected chi connectivity index (χ0v) is 12.7. The molecule has 0 bridgehead atoms. The number of benzene rings is 1. The maximum Gasteiger partial charge on any atom is 0.338 e. The van der Waals surface area contributed by atoms with Gasteiger partial charge in [0.05, 0.1) is 20.4 Å². The van der Waals surface area contributed by atoms with Crippen molar-refractivity contribution in [3.63, 3.8) is 0 Å². The molecule has 6 nitrogen and oxygen atoms in total. The molecule has 1 heterocycles. The molecular formula is C10H6BrFN2O4S2. The van der Waals surface area contributed by atoms with Gasteiger partial charge >= 0.3 is 5.97 Å². The minimum atomic E-state index is -4.03. The SMILES string of the molecule is O=C(O)c1cc(S(=O)(=O)Nc2ncc(Br)s2)ccc1F. The first-order valence-electron chi connectivity index (χ1n) is 4.96. The number of anilines is 1. The van der Waals surface area contributed by atoms with Gasteiger partial charge in [-0.2, -0.15) is 0 Å². The number of carboxylic acids is 1. The molecular weight excluding hydrogens is 375 g/mol. The Morgan fingerprint density at radius 1 is 1.45 bits per heavy atom. The van der Waals surface area contributed by atoms with Crippen LogP contribution in [0.2, 0.25) is 0 Å². The minimum Gasteiger partial charge on any atom is -0.478 e. The lowest BCUT2D eigenvalue weighted by molar-refractivity contribution is 0.0691. The molecule has 10 heteroatoms. The number of rotatable bonds is 4. The number of hydrogen-bond donors (Lipinski definition) is 2. The van der Waals surface area contributed by atoms with Crippen molar-refractivity contribution in [1.82, 2.24) is 4.98 Å². The molecule has 1 aromatic carbocycles. The van der Waals surface area contributed by atoms with Crippen LogP contribution in [-0.2, 0) is 10.0 Å². The maximum atomic E-state index is 13.2. The molecule has 0 saturated carbocycles. The van der Waals surface area contributed by atoms with Crippen LogP contribution in [0.3, 0.4) is 0 Å². The van der Waals surface area contributed by atoms with Crippen LogP contribution in [0, 0.1) is 5.82 Å². The second-order valence-electron chi connectivity index (χ2n) is 3.52. The maximum absolute atomic E-state index is 13.2. The fourth-order valence-corrected chi connectivity index (χ4v) is 3.69. The van der Waals surface area contributed by atoms with Crippen LogP contribution in [0.4, 0.5) is 9.52 Å². The van der Waals surface area contributed by atoms with Crippen molar-refractivity contribution in [2.75, 3.05) is 4.72 Å². The Morgan fingerprint density at radius 2 is 2.15 bits per heavy atom. The Morgan fingerprint density at radius 3 is 2.70 bits per heavy atom. The first kappa shape index (κ1) is 14.9. The van der Waals surface area contributed by atoms with Crippen LogP contribution < -0.4 is 4.72 Å². The van der Waals surface area contributed by atoms with Gasteiger partial charge in [0.1, 0.15) is 5.82 Å². The van der Waals surface area contributed by atoms with Gasteiger partial charge in [-0.3, -0.25) is 4.72 Å². The third-order valence-electron chi connectivity index (χ3n) is 2.18. The summed E-state index contributed by atoms with van der Waals surface area (Å²) >= 11 is 4.18. The van der Waals surface area contributed by atoms with Crippen LogP contribution in [0.15, 0.2) is 33.1 Å². The number of nitrogens with one attached hydrogen (secondary N) is 1. The third kappa shape index (κ3) is 3.14. The van der Waals surface area contributed by atoms with Gasteiger partial charge in [0.2, 0.25) is 0 Å². The highest BCUT2D eigenvalue weighted by Gasteiger charge is 2.20. The second kappa shape index (κ2) is 5.46. The molecule has 0 saturated heterocycles. The summed E-state index contributed by atoms with van der Waals surface area (Å²) in [6.45, 7) is 0. The van der Waals surface area contributed by atoms with Crippen molar-refractivity contribution < 1.29 is 22.7 Å². The van der Waals surface area contributed by atoms with Crippen LogP contribution in [0.1, 0.15) is 10.4 Å².